The highest BCUT2D eigenvalue weighted by atomic mass is 35.5. The minimum absolute atomic E-state index is 0.0263. The topological polar surface area (TPSA) is 66.9 Å². The molecule has 0 fully saturated rings. The van der Waals surface area contributed by atoms with E-state index in [-0.39, 0.29) is 5.69 Å². The highest BCUT2D eigenvalue weighted by Gasteiger charge is 2.13. The van der Waals surface area contributed by atoms with Crippen LogP contribution in [0, 0.1) is 27.4 Å². The van der Waals surface area contributed by atoms with Gasteiger partial charge in [0.2, 0.25) is 0 Å². The lowest BCUT2D eigenvalue weighted by atomic mass is 9.96. The Kier molecular flexibility index (Phi) is 4.74. The molecule has 0 heterocycles. The fourth-order valence-electron chi connectivity index (χ4n) is 1.29. The molecule has 0 amide bonds. The molecule has 0 unspecified atom stereocenters. The van der Waals surface area contributed by atoms with Crippen LogP contribution in [-0.2, 0) is 0 Å². The maximum Gasteiger partial charge on any atom is 0.269 e. The molecule has 0 aliphatic rings. The number of halogens is 1. The highest BCUT2D eigenvalue weighted by Crippen LogP contribution is 2.22. The predicted molar refractivity (Wildman–Crippen MR) is 61.0 cm³/mol. The van der Waals surface area contributed by atoms with Crippen LogP contribution in [0.2, 0.25) is 0 Å². The largest absolute Gasteiger partial charge is 0.269 e. The van der Waals surface area contributed by atoms with Crippen molar-refractivity contribution in [2.24, 2.45) is 0 Å². The van der Waals surface area contributed by atoms with E-state index in [2.05, 4.69) is 6.07 Å². The number of non-ortho nitro benzene ring substituents is 1. The van der Waals surface area contributed by atoms with Gasteiger partial charge in [-0.1, -0.05) is 12.1 Å². The van der Waals surface area contributed by atoms with Crippen molar-refractivity contribution in [3.63, 3.8) is 0 Å². The van der Waals surface area contributed by atoms with Gasteiger partial charge in [0.1, 0.15) is 5.92 Å². The normalized spacial score (nSPS) is 10.1. The van der Waals surface area contributed by atoms with Crippen LogP contribution < -0.4 is 0 Å². The Morgan fingerprint density at radius 3 is 2.50 bits per heavy atom. The second kappa shape index (κ2) is 6.09. The second-order valence-corrected chi connectivity index (χ2v) is 3.56. The number of benzene rings is 1. The summed E-state index contributed by atoms with van der Waals surface area (Å²) >= 11 is 5.54. The Morgan fingerprint density at radius 1 is 1.44 bits per heavy atom. The summed E-state index contributed by atoms with van der Waals surface area (Å²) in [4.78, 5) is 9.98. The van der Waals surface area contributed by atoms with Gasteiger partial charge in [0.05, 0.1) is 11.0 Å². The zero-order chi connectivity index (χ0) is 12.0. The van der Waals surface area contributed by atoms with Gasteiger partial charge in [0.15, 0.2) is 0 Å². The minimum Gasteiger partial charge on any atom is -0.258 e. The number of hydrogen-bond donors (Lipinski definition) is 0. The van der Waals surface area contributed by atoms with E-state index in [1.807, 2.05) is 0 Å². The molecule has 4 nitrogen and oxygen atoms in total. The van der Waals surface area contributed by atoms with Crippen molar-refractivity contribution in [3.8, 4) is 6.07 Å². The van der Waals surface area contributed by atoms with E-state index >= 15 is 0 Å². The van der Waals surface area contributed by atoms with Gasteiger partial charge in [-0.15, -0.1) is 11.6 Å². The Hall–Kier alpha value is -1.60. The highest BCUT2D eigenvalue weighted by molar-refractivity contribution is 6.17. The van der Waals surface area contributed by atoms with Crippen LogP contribution in [0.4, 0.5) is 5.69 Å². The van der Waals surface area contributed by atoms with Gasteiger partial charge in [-0.25, -0.2) is 0 Å². The maximum atomic E-state index is 10.4. The molecule has 0 aromatic heterocycles. The fraction of sp³-hybridized carbons (Fsp3) is 0.273. The second-order valence-electron chi connectivity index (χ2n) is 3.19. The summed E-state index contributed by atoms with van der Waals surface area (Å²) in [6.45, 7) is 0. The zero-order valence-corrected chi connectivity index (χ0v) is 9.28. The molecule has 1 aromatic carbocycles. The molecule has 0 aliphatic carbocycles. The van der Waals surface area contributed by atoms with Crippen molar-refractivity contribution in [2.45, 2.75) is 12.8 Å². The van der Waals surface area contributed by atoms with Gasteiger partial charge in [-0.2, -0.15) is 5.26 Å². The summed E-state index contributed by atoms with van der Waals surface area (Å²) in [7, 11) is 0. The van der Waals surface area contributed by atoms with Crippen LogP contribution in [0.25, 0.3) is 0 Å². The number of nitro groups is 1. The lowest BCUT2D eigenvalue weighted by Crippen LogP contribution is -1.98. The Balaban J connectivity index is 2.79. The van der Waals surface area contributed by atoms with Crippen LogP contribution in [-0.4, -0.2) is 10.8 Å². The molecule has 5 heteroatoms. The zero-order valence-electron chi connectivity index (χ0n) is 8.52. The molecular formula is C11H10ClN2O2. The fourth-order valence-corrected chi connectivity index (χ4v) is 1.43. The smallest absolute Gasteiger partial charge is 0.258 e. The predicted octanol–water partition coefficient (Wildman–Crippen LogP) is 3.06. The molecule has 83 valence electrons. The molecule has 0 saturated heterocycles. The molecule has 0 N–H and O–H groups in total. The third-order valence-electron chi connectivity index (χ3n) is 2.12. The van der Waals surface area contributed by atoms with E-state index in [1.165, 1.54) is 12.1 Å². The average molecular weight is 238 g/mol. The molecule has 1 aromatic rings. The van der Waals surface area contributed by atoms with Crippen LogP contribution in [0.15, 0.2) is 24.3 Å². The van der Waals surface area contributed by atoms with Gasteiger partial charge < -0.3 is 0 Å². The summed E-state index contributed by atoms with van der Waals surface area (Å²) in [5, 5.41) is 19.4. The first-order valence-electron chi connectivity index (χ1n) is 4.75. The maximum absolute atomic E-state index is 10.4. The molecule has 0 atom stereocenters. The van der Waals surface area contributed by atoms with Crippen molar-refractivity contribution in [2.75, 3.05) is 5.88 Å². The van der Waals surface area contributed by atoms with Crippen molar-refractivity contribution in [1.82, 2.24) is 0 Å². The van der Waals surface area contributed by atoms with Crippen LogP contribution in [0.5, 0.6) is 0 Å². The van der Waals surface area contributed by atoms with Gasteiger partial charge >= 0.3 is 0 Å². The number of alkyl halides is 1. The van der Waals surface area contributed by atoms with Crippen LogP contribution >= 0.6 is 11.6 Å². The first kappa shape index (κ1) is 12.5. The monoisotopic (exact) mass is 237 g/mol. The van der Waals surface area contributed by atoms with Gasteiger partial charge in [0.25, 0.3) is 5.69 Å². The minimum atomic E-state index is -0.464. The Bertz CT molecular complexity index is 397. The molecule has 0 aliphatic heterocycles. The van der Waals surface area contributed by atoms with Crippen LogP contribution in [0.1, 0.15) is 18.4 Å². The summed E-state index contributed by atoms with van der Waals surface area (Å²) in [5.74, 6) is 1.11. The summed E-state index contributed by atoms with van der Waals surface area (Å²) < 4.78 is 0. The summed E-state index contributed by atoms with van der Waals surface area (Å²) in [5.41, 5.74) is 0.747. The quantitative estimate of drug-likeness (QED) is 0.449. The average Bonchev–Trinajstić information content (AvgIpc) is 2.30. The molecule has 16 heavy (non-hydrogen) atoms. The van der Waals surface area contributed by atoms with Crippen molar-refractivity contribution < 1.29 is 4.92 Å². The van der Waals surface area contributed by atoms with Gasteiger partial charge in [-0.3, -0.25) is 10.1 Å². The number of hydrogen-bond acceptors (Lipinski definition) is 3. The SMILES string of the molecule is N#C[C](CCCCl)c1ccc([N+](=O)[O-])cc1. The molecule has 1 rings (SSSR count). The Labute approximate surface area is 98.6 Å². The van der Waals surface area contributed by atoms with E-state index in [0.717, 1.165) is 12.0 Å². The molecule has 0 spiro atoms. The molecule has 0 bridgehead atoms. The van der Waals surface area contributed by atoms with E-state index in [4.69, 9.17) is 16.9 Å². The van der Waals surface area contributed by atoms with Crippen molar-refractivity contribution >= 4 is 17.3 Å². The number of nitro benzene ring substituents is 1. The molecular weight excluding hydrogens is 228 g/mol. The lowest BCUT2D eigenvalue weighted by Gasteiger charge is -2.06. The lowest BCUT2D eigenvalue weighted by molar-refractivity contribution is -0.384. The van der Waals surface area contributed by atoms with E-state index < -0.39 is 4.92 Å². The summed E-state index contributed by atoms with van der Waals surface area (Å²) in [6, 6.07) is 8.06. The number of rotatable bonds is 5. The van der Waals surface area contributed by atoms with Crippen molar-refractivity contribution in [3.05, 3.63) is 45.9 Å². The van der Waals surface area contributed by atoms with E-state index in [1.54, 1.807) is 12.1 Å². The number of nitriles is 1. The first-order valence-corrected chi connectivity index (χ1v) is 5.29. The van der Waals surface area contributed by atoms with Gasteiger partial charge in [-0.05, 0) is 18.4 Å². The molecule has 0 saturated carbocycles. The van der Waals surface area contributed by atoms with Crippen LogP contribution in [0.3, 0.4) is 0 Å². The third-order valence-corrected chi connectivity index (χ3v) is 2.39. The van der Waals surface area contributed by atoms with E-state index in [9.17, 15) is 10.1 Å². The first-order chi connectivity index (χ1) is 7.69. The number of nitrogens with zero attached hydrogens (tertiary/aromatic N) is 2. The third kappa shape index (κ3) is 3.21. The standard InChI is InChI=1S/C11H10ClN2O2/c12-7-1-2-10(8-13)9-3-5-11(6-4-9)14(15)16/h3-6H,1-2,7H2. The van der Waals surface area contributed by atoms with E-state index in [0.29, 0.717) is 18.2 Å². The van der Waals surface area contributed by atoms with Crippen molar-refractivity contribution in [1.29, 1.82) is 5.26 Å². The Morgan fingerprint density at radius 2 is 2.06 bits per heavy atom. The molecule has 1 radical (unpaired) electrons. The summed E-state index contributed by atoms with van der Waals surface area (Å²) in [6.07, 6.45) is 1.32. The van der Waals surface area contributed by atoms with Gasteiger partial charge in [0, 0.05) is 18.0 Å².